The topological polar surface area (TPSA) is 43.8 Å². The fourth-order valence-corrected chi connectivity index (χ4v) is 2.38. The first-order valence-electron chi connectivity index (χ1n) is 5.66. The normalized spacial score (nSPS) is 11.0. The molecule has 1 aromatic heterocycles. The van der Waals surface area contributed by atoms with E-state index in [2.05, 4.69) is 40.0 Å². The first kappa shape index (κ1) is 11.3. The Kier molecular flexibility index (Phi) is 2.59. The van der Waals surface area contributed by atoms with Crippen molar-refractivity contribution in [1.82, 2.24) is 9.55 Å². The maximum Gasteiger partial charge on any atom is 0.205 e. The summed E-state index contributed by atoms with van der Waals surface area (Å²) in [6.45, 7) is 2.07. The molecular formula is C14H12BrN3. The van der Waals surface area contributed by atoms with Gasteiger partial charge in [0, 0.05) is 10.2 Å². The predicted molar refractivity (Wildman–Crippen MR) is 77.9 cm³/mol. The Hall–Kier alpha value is -1.81. The molecule has 3 aromatic rings. The second-order valence-corrected chi connectivity index (χ2v) is 5.19. The monoisotopic (exact) mass is 301 g/mol. The average molecular weight is 302 g/mol. The summed E-state index contributed by atoms with van der Waals surface area (Å²) in [4.78, 5) is 4.37. The summed E-state index contributed by atoms with van der Waals surface area (Å²) >= 11 is 3.48. The van der Waals surface area contributed by atoms with Gasteiger partial charge < -0.3 is 5.73 Å². The third kappa shape index (κ3) is 1.78. The van der Waals surface area contributed by atoms with Crippen LogP contribution in [0.4, 0.5) is 5.95 Å². The van der Waals surface area contributed by atoms with Crippen molar-refractivity contribution in [1.29, 1.82) is 0 Å². The van der Waals surface area contributed by atoms with Crippen molar-refractivity contribution in [3.63, 3.8) is 0 Å². The lowest BCUT2D eigenvalue weighted by atomic mass is 10.2. The Morgan fingerprint density at radius 3 is 2.56 bits per heavy atom. The van der Waals surface area contributed by atoms with Crippen LogP contribution < -0.4 is 5.73 Å². The van der Waals surface area contributed by atoms with Crippen molar-refractivity contribution in [3.8, 4) is 5.69 Å². The molecule has 0 atom stereocenters. The van der Waals surface area contributed by atoms with Gasteiger partial charge in [0.15, 0.2) is 0 Å². The lowest BCUT2D eigenvalue weighted by Gasteiger charge is -2.06. The van der Waals surface area contributed by atoms with Crippen molar-refractivity contribution in [2.24, 2.45) is 0 Å². The Balaban J connectivity index is 2.30. The number of hydrogen-bond donors (Lipinski definition) is 1. The van der Waals surface area contributed by atoms with Crippen LogP contribution in [0.3, 0.4) is 0 Å². The van der Waals surface area contributed by atoms with Crippen LogP contribution >= 0.6 is 15.9 Å². The molecule has 0 aliphatic carbocycles. The van der Waals surface area contributed by atoms with Crippen molar-refractivity contribution < 1.29 is 0 Å². The number of aromatic nitrogens is 2. The van der Waals surface area contributed by atoms with Crippen LogP contribution in [0.25, 0.3) is 16.7 Å². The van der Waals surface area contributed by atoms with Gasteiger partial charge in [0.05, 0.1) is 11.0 Å². The highest BCUT2D eigenvalue weighted by atomic mass is 79.9. The molecule has 0 aliphatic heterocycles. The Morgan fingerprint density at radius 2 is 1.83 bits per heavy atom. The van der Waals surface area contributed by atoms with Crippen LogP contribution in [0.15, 0.2) is 46.9 Å². The van der Waals surface area contributed by atoms with E-state index in [9.17, 15) is 0 Å². The van der Waals surface area contributed by atoms with Gasteiger partial charge in [-0.2, -0.15) is 0 Å². The van der Waals surface area contributed by atoms with E-state index in [1.807, 2.05) is 34.9 Å². The Bertz CT molecular complexity index is 714. The van der Waals surface area contributed by atoms with Gasteiger partial charge in [-0.25, -0.2) is 4.98 Å². The van der Waals surface area contributed by atoms with Gasteiger partial charge in [-0.3, -0.25) is 4.57 Å². The number of nitrogens with zero attached hydrogens (tertiary/aromatic N) is 2. The molecule has 90 valence electrons. The molecule has 1 heterocycles. The molecule has 18 heavy (non-hydrogen) atoms. The fraction of sp³-hybridized carbons (Fsp3) is 0.0714. The summed E-state index contributed by atoms with van der Waals surface area (Å²) in [5.41, 5.74) is 10.2. The molecule has 3 rings (SSSR count). The lowest BCUT2D eigenvalue weighted by Crippen LogP contribution is -2.00. The molecule has 0 aliphatic rings. The van der Waals surface area contributed by atoms with Crippen LogP contribution in [-0.4, -0.2) is 9.55 Å². The highest BCUT2D eigenvalue weighted by Gasteiger charge is 2.09. The summed E-state index contributed by atoms with van der Waals surface area (Å²) in [5.74, 6) is 0.506. The zero-order valence-corrected chi connectivity index (χ0v) is 11.5. The quantitative estimate of drug-likeness (QED) is 0.745. The first-order valence-corrected chi connectivity index (χ1v) is 6.45. The van der Waals surface area contributed by atoms with Crippen LogP contribution in [-0.2, 0) is 0 Å². The average Bonchev–Trinajstić information content (AvgIpc) is 2.66. The maximum absolute atomic E-state index is 6.01. The van der Waals surface area contributed by atoms with Gasteiger partial charge in [-0.15, -0.1) is 0 Å². The number of halogens is 1. The summed E-state index contributed by atoms with van der Waals surface area (Å²) in [6.07, 6.45) is 0. The van der Waals surface area contributed by atoms with Crippen LogP contribution in [0.2, 0.25) is 0 Å². The molecule has 0 amide bonds. The molecule has 2 N–H and O–H groups in total. The number of benzene rings is 2. The lowest BCUT2D eigenvalue weighted by molar-refractivity contribution is 1.11. The van der Waals surface area contributed by atoms with Crippen molar-refractivity contribution >= 4 is 32.9 Å². The minimum atomic E-state index is 0.506. The number of anilines is 1. The van der Waals surface area contributed by atoms with Crippen molar-refractivity contribution in [3.05, 3.63) is 52.5 Å². The van der Waals surface area contributed by atoms with E-state index < -0.39 is 0 Å². The molecule has 0 unspecified atom stereocenters. The van der Waals surface area contributed by atoms with E-state index in [-0.39, 0.29) is 0 Å². The number of imidazole rings is 1. The summed E-state index contributed by atoms with van der Waals surface area (Å²) in [7, 11) is 0. The third-order valence-corrected chi connectivity index (χ3v) is 3.43. The summed E-state index contributed by atoms with van der Waals surface area (Å²) < 4.78 is 2.97. The van der Waals surface area contributed by atoms with Crippen molar-refractivity contribution in [2.45, 2.75) is 6.92 Å². The van der Waals surface area contributed by atoms with Crippen LogP contribution in [0.1, 0.15) is 5.56 Å². The Morgan fingerprint density at radius 1 is 1.11 bits per heavy atom. The largest absolute Gasteiger partial charge is 0.369 e. The summed E-state index contributed by atoms with van der Waals surface area (Å²) in [6, 6.07) is 14.2. The number of nitrogen functional groups attached to an aromatic ring is 1. The number of rotatable bonds is 1. The number of aryl methyl sites for hydroxylation is 1. The molecule has 2 aromatic carbocycles. The molecule has 0 spiro atoms. The van der Waals surface area contributed by atoms with Gasteiger partial charge in [-0.05, 0) is 37.3 Å². The van der Waals surface area contributed by atoms with E-state index in [1.165, 1.54) is 5.56 Å². The SMILES string of the molecule is Cc1ccc(-n2c(N)nc3ccc(Br)cc32)cc1. The third-order valence-electron chi connectivity index (χ3n) is 2.93. The molecule has 0 radical (unpaired) electrons. The highest BCUT2D eigenvalue weighted by molar-refractivity contribution is 9.10. The van der Waals surface area contributed by atoms with Gasteiger partial charge in [-0.1, -0.05) is 33.6 Å². The second-order valence-electron chi connectivity index (χ2n) is 4.27. The molecule has 0 saturated heterocycles. The molecular weight excluding hydrogens is 290 g/mol. The van der Waals surface area contributed by atoms with E-state index in [0.29, 0.717) is 5.95 Å². The number of nitrogens with two attached hydrogens (primary N) is 1. The van der Waals surface area contributed by atoms with Gasteiger partial charge >= 0.3 is 0 Å². The minimum absolute atomic E-state index is 0.506. The minimum Gasteiger partial charge on any atom is -0.369 e. The molecule has 3 nitrogen and oxygen atoms in total. The van der Waals surface area contributed by atoms with Gasteiger partial charge in [0.2, 0.25) is 5.95 Å². The fourth-order valence-electron chi connectivity index (χ4n) is 2.03. The second kappa shape index (κ2) is 4.14. The van der Waals surface area contributed by atoms with Gasteiger partial charge in [0.25, 0.3) is 0 Å². The molecule has 0 fully saturated rings. The van der Waals surface area contributed by atoms with Gasteiger partial charge in [0.1, 0.15) is 0 Å². The van der Waals surface area contributed by atoms with E-state index >= 15 is 0 Å². The summed E-state index contributed by atoms with van der Waals surface area (Å²) in [5, 5.41) is 0. The standard InChI is InChI=1S/C14H12BrN3/c1-9-2-5-11(6-3-9)18-13-8-10(15)4-7-12(13)17-14(18)16/h2-8H,1H3,(H2,16,17). The first-order chi connectivity index (χ1) is 8.65. The van der Waals surface area contributed by atoms with Crippen molar-refractivity contribution in [2.75, 3.05) is 5.73 Å². The number of fused-ring (bicyclic) bond motifs is 1. The predicted octanol–water partition coefficient (Wildman–Crippen LogP) is 3.68. The van der Waals surface area contributed by atoms with Crippen LogP contribution in [0.5, 0.6) is 0 Å². The highest BCUT2D eigenvalue weighted by Crippen LogP contribution is 2.25. The zero-order chi connectivity index (χ0) is 12.7. The Labute approximate surface area is 113 Å². The molecule has 4 heteroatoms. The molecule has 0 saturated carbocycles. The maximum atomic E-state index is 6.01. The van der Waals surface area contributed by atoms with Crippen LogP contribution in [0, 0.1) is 6.92 Å². The van der Waals surface area contributed by atoms with E-state index in [1.54, 1.807) is 0 Å². The zero-order valence-electron chi connectivity index (χ0n) is 9.89. The van der Waals surface area contributed by atoms with E-state index in [0.717, 1.165) is 21.2 Å². The molecule has 0 bridgehead atoms. The number of hydrogen-bond acceptors (Lipinski definition) is 2. The van der Waals surface area contributed by atoms with E-state index in [4.69, 9.17) is 5.73 Å². The smallest absolute Gasteiger partial charge is 0.205 e.